The molecule has 7 nitrogen and oxygen atoms in total. The van der Waals surface area contributed by atoms with Crippen molar-refractivity contribution in [3.8, 4) is 5.75 Å². The van der Waals surface area contributed by atoms with Crippen LogP contribution in [0.5, 0.6) is 5.75 Å². The maximum absolute atomic E-state index is 11.8. The van der Waals surface area contributed by atoms with E-state index in [1.807, 2.05) is 19.1 Å². The van der Waals surface area contributed by atoms with Gasteiger partial charge in [-0.2, -0.15) is 0 Å². The number of nitro benzene ring substituents is 1. The van der Waals surface area contributed by atoms with Crippen molar-refractivity contribution in [3.63, 3.8) is 0 Å². The number of nitrogens with zero attached hydrogens (tertiary/aromatic N) is 1. The smallest absolute Gasteiger partial charge is 0.289 e. The van der Waals surface area contributed by atoms with E-state index in [1.165, 1.54) is 18.2 Å². The highest BCUT2D eigenvalue weighted by Crippen LogP contribution is 2.27. The summed E-state index contributed by atoms with van der Waals surface area (Å²) in [5.41, 5.74) is 1.16. The van der Waals surface area contributed by atoms with Crippen LogP contribution in [0.2, 0.25) is 5.02 Å². The number of aryl methyl sites for hydroxylation is 1. The molecule has 0 spiro atoms. The molecule has 0 aliphatic carbocycles. The van der Waals surface area contributed by atoms with Gasteiger partial charge in [0, 0.05) is 11.8 Å². The van der Waals surface area contributed by atoms with E-state index >= 15 is 0 Å². The third-order valence-electron chi connectivity index (χ3n) is 3.04. The molecule has 0 radical (unpaired) electrons. The van der Waals surface area contributed by atoms with Crippen LogP contribution in [0, 0.1) is 17.0 Å². The highest BCUT2D eigenvalue weighted by atomic mass is 35.5. The van der Waals surface area contributed by atoms with Crippen molar-refractivity contribution in [1.29, 1.82) is 0 Å². The van der Waals surface area contributed by atoms with E-state index in [2.05, 4.69) is 10.6 Å². The van der Waals surface area contributed by atoms with Crippen LogP contribution < -0.4 is 15.4 Å². The molecular weight excluding hydrogens is 366 g/mol. The molecule has 1 amide bonds. The van der Waals surface area contributed by atoms with E-state index in [9.17, 15) is 14.9 Å². The predicted octanol–water partition coefficient (Wildman–Crippen LogP) is 3.45. The lowest BCUT2D eigenvalue weighted by molar-refractivity contribution is -0.384. The van der Waals surface area contributed by atoms with Crippen molar-refractivity contribution in [2.24, 2.45) is 0 Å². The summed E-state index contributed by atoms with van der Waals surface area (Å²) in [7, 11) is 0. The minimum atomic E-state index is -0.607. The van der Waals surface area contributed by atoms with Gasteiger partial charge in [0.05, 0.1) is 4.92 Å². The molecule has 0 atom stereocenters. The van der Waals surface area contributed by atoms with Crippen LogP contribution in [0.1, 0.15) is 5.56 Å². The zero-order chi connectivity index (χ0) is 18.4. The number of ether oxygens (including phenoxy) is 1. The van der Waals surface area contributed by atoms with Crippen LogP contribution in [0.15, 0.2) is 42.5 Å². The number of carbonyl (C=O) groups is 1. The summed E-state index contributed by atoms with van der Waals surface area (Å²) in [5.74, 6) is 0.106. The molecule has 0 aliphatic rings. The number of rotatable bonds is 5. The molecule has 0 unspecified atom stereocenters. The Morgan fingerprint density at radius 1 is 1.28 bits per heavy atom. The van der Waals surface area contributed by atoms with Gasteiger partial charge >= 0.3 is 0 Å². The number of anilines is 1. The third-order valence-corrected chi connectivity index (χ3v) is 3.57. The first kappa shape index (κ1) is 18.6. The number of thiocarbonyl (C=S) groups is 1. The lowest BCUT2D eigenvalue weighted by atomic mass is 10.2. The SMILES string of the molecule is Cc1ccc(OCC(=O)NC(=S)Nc2ccc(Cl)c([N+](=O)[O-])c2)cc1. The van der Waals surface area contributed by atoms with Crippen LogP contribution in [0.25, 0.3) is 0 Å². The lowest BCUT2D eigenvalue weighted by Gasteiger charge is -2.10. The molecule has 25 heavy (non-hydrogen) atoms. The molecule has 0 saturated carbocycles. The van der Waals surface area contributed by atoms with Crippen LogP contribution in [0.3, 0.4) is 0 Å². The van der Waals surface area contributed by atoms with E-state index in [1.54, 1.807) is 12.1 Å². The number of benzene rings is 2. The number of hydrogen-bond donors (Lipinski definition) is 2. The number of nitro groups is 1. The Morgan fingerprint density at radius 3 is 2.60 bits per heavy atom. The Labute approximate surface area is 154 Å². The molecule has 0 aromatic heterocycles. The number of halogens is 1. The Kier molecular flexibility index (Phi) is 6.26. The monoisotopic (exact) mass is 379 g/mol. The first-order valence-corrected chi connectivity index (χ1v) is 7.88. The summed E-state index contributed by atoms with van der Waals surface area (Å²) in [5, 5.41) is 16.0. The summed E-state index contributed by atoms with van der Waals surface area (Å²) < 4.78 is 5.33. The average Bonchev–Trinajstić information content (AvgIpc) is 2.55. The minimum absolute atomic E-state index is 0.00544. The molecule has 0 fully saturated rings. The largest absolute Gasteiger partial charge is 0.484 e. The van der Waals surface area contributed by atoms with Gasteiger partial charge in [0.2, 0.25) is 0 Å². The summed E-state index contributed by atoms with van der Waals surface area (Å²) in [6.45, 7) is 1.73. The Hall–Kier alpha value is -2.71. The Bertz CT molecular complexity index is 812. The molecular formula is C16H14ClN3O4S. The van der Waals surface area contributed by atoms with E-state index in [0.717, 1.165) is 5.56 Å². The molecule has 0 saturated heterocycles. The second-order valence-electron chi connectivity index (χ2n) is 5.03. The van der Waals surface area contributed by atoms with Crippen LogP contribution in [-0.4, -0.2) is 22.5 Å². The van der Waals surface area contributed by atoms with E-state index in [0.29, 0.717) is 11.4 Å². The highest BCUT2D eigenvalue weighted by Gasteiger charge is 2.14. The summed E-state index contributed by atoms with van der Waals surface area (Å²) in [6, 6.07) is 11.4. The predicted molar refractivity (Wildman–Crippen MR) is 99.1 cm³/mol. The van der Waals surface area contributed by atoms with Crippen molar-refractivity contribution in [1.82, 2.24) is 5.32 Å². The zero-order valence-corrected chi connectivity index (χ0v) is 14.7. The lowest BCUT2D eigenvalue weighted by Crippen LogP contribution is -2.37. The van der Waals surface area contributed by atoms with Crippen molar-refractivity contribution < 1.29 is 14.5 Å². The highest BCUT2D eigenvalue weighted by molar-refractivity contribution is 7.80. The zero-order valence-electron chi connectivity index (χ0n) is 13.1. The van der Waals surface area contributed by atoms with E-state index in [-0.39, 0.29) is 22.4 Å². The van der Waals surface area contributed by atoms with E-state index < -0.39 is 10.8 Å². The molecule has 9 heteroatoms. The maximum atomic E-state index is 11.8. The Morgan fingerprint density at radius 2 is 1.96 bits per heavy atom. The van der Waals surface area contributed by atoms with Crippen molar-refractivity contribution in [2.75, 3.05) is 11.9 Å². The van der Waals surface area contributed by atoms with Gasteiger partial charge in [-0.3, -0.25) is 20.2 Å². The second-order valence-corrected chi connectivity index (χ2v) is 5.84. The fourth-order valence-corrected chi connectivity index (χ4v) is 2.26. The van der Waals surface area contributed by atoms with Crippen molar-refractivity contribution >= 4 is 46.2 Å². The van der Waals surface area contributed by atoms with Crippen LogP contribution >= 0.6 is 23.8 Å². The Balaban J connectivity index is 1.87. The number of amides is 1. The molecule has 2 N–H and O–H groups in total. The molecule has 2 aromatic carbocycles. The standard InChI is InChI=1S/C16H14ClN3O4S/c1-10-2-5-12(6-3-10)24-9-15(21)19-16(25)18-11-4-7-13(17)14(8-11)20(22)23/h2-8H,9H2,1H3,(H2,18,19,21,25). The minimum Gasteiger partial charge on any atom is -0.484 e. The molecule has 130 valence electrons. The van der Waals surface area contributed by atoms with Gasteiger partial charge in [-0.15, -0.1) is 0 Å². The number of hydrogen-bond acceptors (Lipinski definition) is 5. The molecule has 2 rings (SSSR count). The van der Waals surface area contributed by atoms with Gasteiger partial charge < -0.3 is 10.1 Å². The second kappa shape index (κ2) is 8.41. The van der Waals surface area contributed by atoms with E-state index in [4.69, 9.17) is 28.6 Å². The van der Waals surface area contributed by atoms with Gasteiger partial charge in [0.1, 0.15) is 10.8 Å². The average molecular weight is 380 g/mol. The van der Waals surface area contributed by atoms with Gasteiger partial charge in [0.15, 0.2) is 11.7 Å². The maximum Gasteiger partial charge on any atom is 0.289 e. The molecule has 2 aromatic rings. The van der Waals surface area contributed by atoms with Crippen molar-refractivity contribution in [3.05, 3.63) is 63.2 Å². The summed E-state index contributed by atoms with van der Waals surface area (Å²) in [6.07, 6.45) is 0. The quantitative estimate of drug-likeness (QED) is 0.469. The topological polar surface area (TPSA) is 93.5 Å². The van der Waals surface area contributed by atoms with Gasteiger partial charge in [0.25, 0.3) is 11.6 Å². The first-order valence-electron chi connectivity index (χ1n) is 7.09. The molecule has 0 bridgehead atoms. The third kappa shape index (κ3) is 5.70. The molecule has 0 aliphatic heterocycles. The van der Waals surface area contributed by atoms with Crippen LogP contribution in [0.4, 0.5) is 11.4 Å². The number of carbonyl (C=O) groups excluding carboxylic acids is 1. The molecule has 0 heterocycles. The van der Waals surface area contributed by atoms with Gasteiger partial charge in [-0.1, -0.05) is 29.3 Å². The fraction of sp³-hybridized carbons (Fsp3) is 0.125. The van der Waals surface area contributed by atoms with Crippen LogP contribution in [-0.2, 0) is 4.79 Å². The number of nitrogens with one attached hydrogen (secondary N) is 2. The normalized spacial score (nSPS) is 10.0. The fourth-order valence-electron chi connectivity index (χ4n) is 1.84. The summed E-state index contributed by atoms with van der Waals surface area (Å²) >= 11 is 10.7. The van der Waals surface area contributed by atoms with Crippen molar-refractivity contribution in [2.45, 2.75) is 6.92 Å². The van der Waals surface area contributed by atoms with Gasteiger partial charge in [-0.05, 0) is 43.4 Å². The first-order chi connectivity index (χ1) is 11.8. The van der Waals surface area contributed by atoms with Gasteiger partial charge in [-0.25, -0.2) is 0 Å². The summed E-state index contributed by atoms with van der Waals surface area (Å²) in [4.78, 5) is 22.1.